The number of hydrogen-bond acceptors (Lipinski definition) is 4. The molecule has 1 fully saturated rings. The molecule has 1 aliphatic rings. The van der Waals surface area contributed by atoms with Crippen molar-refractivity contribution in [1.82, 2.24) is 10.3 Å². The number of carbonyl (C=O) groups excluding carboxylic acids is 1. The van der Waals surface area contributed by atoms with Crippen LogP contribution in [0.15, 0.2) is 53.1 Å². The first kappa shape index (κ1) is 16.6. The lowest BCUT2D eigenvalue weighted by atomic mass is 9.97. The molecule has 0 aliphatic carbocycles. The van der Waals surface area contributed by atoms with Crippen molar-refractivity contribution < 1.29 is 9.21 Å². The standard InChI is InChI=1S/C21H23N3O2/c1-15-12-17-7-2-3-8-18(17)20(23-15)24-10-4-6-16(14-24)13-22-21(25)19-9-5-11-26-19/h2-3,5,7-9,11-12,16H,4,6,10,13-14H2,1H3,(H,22,25). The van der Waals surface area contributed by atoms with Crippen LogP contribution >= 0.6 is 0 Å². The third kappa shape index (κ3) is 3.43. The summed E-state index contributed by atoms with van der Waals surface area (Å²) in [6.45, 7) is 4.60. The Kier molecular flexibility index (Phi) is 4.61. The van der Waals surface area contributed by atoms with E-state index in [0.29, 0.717) is 18.2 Å². The molecule has 3 aromatic rings. The van der Waals surface area contributed by atoms with Crippen LogP contribution in [0.5, 0.6) is 0 Å². The van der Waals surface area contributed by atoms with Crippen molar-refractivity contribution in [3.63, 3.8) is 0 Å². The summed E-state index contributed by atoms with van der Waals surface area (Å²) in [6, 6.07) is 13.9. The molecule has 1 N–H and O–H groups in total. The lowest BCUT2D eigenvalue weighted by Gasteiger charge is -2.34. The maximum absolute atomic E-state index is 12.1. The average molecular weight is 349 g/mol. The van der Waals surface area contributed by atoms with Crippen LogP contribution in [-0.2, 0) is 0 Å². The van der Waals surface area contributed by atoms with Gasteiger partial charge in [-0.1, -0.05) is 24.3 Å². The summed E-state index contributed by atoms with van der Waals surface area (Å²) in [7, 11) is 0. The second kappa shape index (κ2) is 7.20. The number of hydrogen-bond donors (Lipinski definition) is 1. The van der Waals surface area contributed by atoms with Crippen LogP contribution in [0, 0.1) is 12.8 Å². The molecule has 26 heavy (non-hydrogen) atoms. The molecular formula is C21H23N3O2. The zero-order valence-corrected chi connectivity index (χ0v) is 14.9. The van der Waals surface area contributed by atoms with Gasteiger partial charge in [0.15, 0.2) is 5.76 Å². The molecule has 0 saturated carbocycles. The van der Waals surface area contributed by atoms with Gasteiger partial charge in [0, 0.05) is 30.7 Å². The van der Waals surface area contributed by atoms with Crippen molar-refractivity contribution in [3.05, 3.63) is 60.2 Å². The predicted octanol–water partition coefficient (Wildman–Crippen LogP) is 3.78. The minimum absolute atomic E-state index is 0.147. The van der Waals surface area contributed by atoms with Crippen LogP contribution in [0.25, 0.3) is 10.8 Å². The van der Waals surface area contributed by atoms with E-state index in [9.17, 15) is 4.79 Å². The topological polar surface area (TPSA) is 58.4 Å². The summed E-state index contributed by atoms with van der Waals surface area (Å²) in [4.78, 5) is 19.3. The summed E-state index contributed by atoms with van der Waals surface area (Å²) in [6.07, 6.45) is 3.73. The molecule has 0 radical (unpaired) electrons. The van der Waals surface area contributed by atoms with E-state index < -0.39 is 0 Å². The molecule has 1 saturated heterocycles. The summed E-state index contributed by atoms with van der Waals surface area (Å²) in [5.41, 5.74) is 1.03. The van der Waals surface area contributed by atoms with Crippen LogP contribution in [-0.4, -0.2) is 30.5 Å². The number of benzene rings is 1. The number of nitrogens with zero attached hydrogens (tertiary/aromatic N) is 2. The van der Waals surface area contributed by atoms with Gasteiger partial charge in [0.1, 0.15) is 5.82 Å². The van der Waals surface area contributed by atoms with Crippen LogP contribution in [0.3, 0.4) is 0 Å². The van der Waals surface area contributed by atoms with Crippen LogP contribution < -0.4 is 10.2 Å². The predicted molar refractivity (Wildman–Crippen MR) is 102 cm³/mol. The van der Waals surface area contributed by atoms with Crippen molar-refractivity contribution in [3.8, 4) is 0 Å². The number of rotatable bonds is 4. The quantitative estimate of drug-likeness (QED) is 0.779. The van der Waals surface area contributed by atoms with Crippen molar-refractivity contribution >= 4 is 22.5 Å². The Balaban J connectivity index is 1.48. The molecule has 2 aromatic heterocycles. The van der Waals surface area contributed by atoms with Gasteiger partial charge >= 0.3 is 0 Å². The Morgan fingerprint density at radius 2 is 2.19 bits per heavy atom. The number of nitrogens with one attached hydrogen (secondary N) is 1. The van der Waals surface area contributed by atoms with E-state index in [-0.39, 0.29) is 5.91 Å². The fourth-order valence-electron chi connectivity index (χ4n) is 3.71. The highest BCUT2D eigenvalue weighted by Crippen LogP contribution is 2.29. The van der Waals surface area contributed by atoms with Gasteiger partial charge in [0.25, 0.3) is 5.91 Å². The molecule has 1 amide bonds. The molecule has 0 bridgehead atoms. The highest BCUT2D eigenvalue weighted by molar-refractivity contribution is 5.93. The first-order chi connectivity index (χ1) is 12.7. The van der Waals surface area contributed by atoms with Crippen molar-refractivity contribution in [2.75, 3.05) is 24.5 Å². The molecular weight excluding hydrogens is 326 g/mol. The fraction of sp³-hybridized carbons (Fsp3) is 0.333. The van der Waals surface area contributed by atoms with Crippen LogP contribution in [0.1, 0.15) is 29.1 Å². The maximum atomic E-state index is 12.1. The van der Waals surface area contributed by atoms with Gasteiger partial charge in [-0.3, -0.25) is 4.79 Å². The average Bonchev–Trinajstić information content (AvgIpc) is 3.20. The van der Waals surface area contributed by atoms with Crippen molar-refractivity contribution in [1.29, 1.82) is 0 Å². The zero-order valence-electron chi connectivity index (χ0n) is 14.9. The molecule has 5 heteroatoms. The molecule has 5 nitrogen and oxygen atoms in total. The maximum Gasteiger partial charge on any atom is 0.286 e. The van der Waals surface area contributed by atoms with Gasteiger partial charge in [-0.15, -0.1) is 0 Å². The van der Waals surface area contributed by atoms with E-state index in [1.807, 2.05) is 6.92 Å². The number of anilines is 1. The van der Waals surface area contributed by atoms with Crippen molar-refractivity contribution in [2.45, 2.75) is 19.8 Å². The van der Waals surface area contributed by atoms with Crippen LogP contribution in [0.2, 0.25) is 0 Å². The van der Waals surface area contributed by atoms with E-state index in [1.54, 1.807) is 12.1 Å². The van der Waals surface area contributed by atoms with E-state index in [1.165, 1.54) is 17.0 Å². The third-order valence-corrected chi connectivity index (χ3v) is 4.96. The van der Waals surface area contributed by atoms with Gasteiger partial charge in [-0.2, -0.15) is 0 Å². The highest BCUT2D eigenvalue weighted by Gasteiger charge is 2.23. The Morgan fingerprint density at radius 3 is 3.04 bits per heavy atom. The minimum atomic E-state index is -0.147. The van der Waals surface area contributed by atoms with E-state index in [2.05, 4.69) is 40.5 Å². The molecule has 1 atom stereocenters. The van der Waals surface area contributed by atoms with Gasteiger partial charge in [-0.05, 0) is 49.3 Å². The molecule has 3 heterocycles. The number of furan rings is 1. The van der Waals surface area contributed by atoms with Gasteiger partial charge in [-0.25, -0.2) is 4.98 Å². The van der Waals surface area contributed by atoms with E-state index in [4.69, 9.17) is 9.40 Å². The Labute approximate surface area is 153 Å². The van der Waals surface area contributed by atoms with E-state index >= 15 is 0 Å². The minimum Gasteiger partial charge on any atom is -0.459 e. The van der Waals surface area contributed by atoms with Gasteiger partial charge in [0.2, 0.25) is 0 Å². The summed E-state index contributed by atoms with van der Waals surface area (Å²) >= 11 is 0. The molecule has 4 rings (SSSR count). The largest absolute Gasteiger partial charge is 0.459 e. The van der Waals surface area contributed by atoms with E-state index in [0.717, 1.165) is 37.4 Å². The smallest absolute Gasteiger partial charge is 0.286 e. The molecule has 1 aromatic carbocycles. The van der Waals surface area contributed by atoms with Crippen LogP contribution in [0.4, 0.5) is 5.82 Å². The first-order valence-corrected chi connectivity index (χ1v) is 9.14. The Bertz CT molecular complexity index is 905. The lowest BCUT2D eigenvalue weighted by molar-refractivity contribution is 0.0918. The normalized spacial score (nSPS) is 17.4. The van der Waals surface area contributed by atoms with Gasteiger partial charge < -0.3 is 14.6 Å². The number of amides is 1. The Hall–Kier alpha value is -2.82. The Morgan fingerprint density at radius 1 is 1.31 bits per heavy atom. The zero-order chi connectivity index (χ0) is 17.9. The number of fused-ring (bicyclic) bond motifs is 1. The molecule has 134 valence electrons. The number of pyridine rings is 1. The third-order valence-electron chi connectivity index (χ3n) is 4.96. The lowest BCUT2D eigenvalue weighted by Crippen LogP contribution is -2.41. The second-order valence-electron chi connectivity index (χ2n) is 6.95. The second-order valence-corrected chi connectivity index (χ2v) is 6.95. The fourth-order valence-corrected chi connectivity index (χ4v) is 3.71. The molecule has 0 spiro atoms. The number of aromatic nitrogens is 1. The first-order valence-electron chi connectivity index (χ1n) is 9.14. The number of carbonyl (C=O) groups is 1. The van der Waals surface area contributed by atoms with Gasteiger partial charge in [0.05, 0.1) is 6.26 Å². The molecule has 1 aliphatic heterocycles. The molecule has 1 unspecified atom stereocenters. The summed E-state index contributed by atoms with van der Waals surface area (Å²) in [5, 5.41) is 5.41. The number of aryl methyl sites for hydroxylation is 1. The highest BCUT2D eigenvalue weighted by atomic mass is 16.3. The SMILES string of the molecule is Cc1cc2ccccc2c(N2CCCC(CNC(=O)c3ccco3)C2)n1. The summed E-state index contributed by atoms with van der Waals surface area (Å²) in [5.74, 6) is 1.68. The monoisotopic (exact) mass is 349 g/mol. The van der Waals surface area contributed by atoms with Crippen molar-refractivity contribution in [2.24, 2.45) is 5.92 Å². The summed E-state index contributed by atoms with van der Waals surface area (Å²) < 4.78 is 5.15. The number of piperidine rings is 1.